The van der Waals surface area contributed by atoms with E-state index in [-0.39, 0.29) is 0 Å². The molecule has 2 aromatic carbocycles. The van der Waals surface area contributed by atoms with Gasteiger partial charge in [-0.05, 0) is 58.8 Å². The third-order valence-electron chi connectivity index (χ3n) is 2.92. The number of hydrogen-bond acceptors (Lipinski definition) is 2. The standard InChI is InChI=1S/C9H11I.C7H5F3O3S/c1-2-3-8-4-6-9(10)7-5-8;8-7(9,10)5-3-1-2-4-6(5)14(11,12)13/h4-7H,2-3H2,1H3;1-4H,(H,11,12,13). The summed E-state index contributed by atoms with van der Waals surface area (Å²) in [5.74, 6) is 0. The second-order valence-electron chi connectivity index (χ2n) is 4.85. The van der Waals surface area contributed by atoms with Crippen molar-refractivity contribution < 1.29 is 26.1 Å². The van der Waals surface area contributed by atoms with Crippen molar-refractivity contribution in [2.45, 2.75) is 30.8 Å². The van der Waals surface area contributed by atoms with Gasteiger partial charge in [0.05, 0.1) is 5.56 Å². The fourth-order valence-electron chi connectivity index (χ4n) is 1.87. The number of benzene rings is 2. The minimum atomic E-state index is -4.84. The number of halogens is 4. The minimum Gasteiger partial charge on any atom is -0.282 e. The summed E-state index contributed by atoms with van der Waals surface area (Å²) in [6.07, 6.45) is -2.36. The predicted molar refractivity (Wildman–Crippen MR) is 94.4 cm³/mol. The van der Waals surface area contributed by atoms with E-state index in [4.69, 9.17) is 4.55 Å². The van der Waals surface area contributed by atoms with Crippen LogP contribution in [0.4, 0.5) is 13.2 Å². The molecule has 8 heteroatoms. The molecule has 0 spiro atoms. The van der Waals surface area contributed by atoms with Crippen molar-refractivity contribution in [3.05, 3.63) is 63.2 Å². The van der Waals surface area contributed by atoms with Crippen LogP contribution in [0.2, 0.25) is 0 Å². The van der Waals surface area contributed by atoms with E-state index in [1.807, 2.05) is 0 Å². The van der Waals surface area contributed by atoms with Crippen LogP contribution in [0.25, 0.3) is 0 Å². The molecule has 0 aromatic heterocycles. The van der Waals surface area contributed by atoms with Crippen LogP contribution in [0.3, 0.4) is 0 Å². The van der Waals surface area contributed by atoms with E-state index >= 15 is 0 Å². The number of hydrogen-bond donors (Lipinski definition) is 1. The molecule has 132 valence electrons. The van der Waals surface area contributed by atoms with Crippen molar-refractivity contribution in [2.24, 2.45) is 0 Å². The van der Waals surface area contributed by atoms with Crippen LogP contribution in [0, 0.1) is 3.57 Å². The quantitative estimate of drug-likeness (QED) is 0.494. The van der Waals surface area contributed by atoms with Gasteiger partial charge in [0.15, 0.2) is 0 Å². The van der Waals surface area contributed by atoms with Crippen LogP contribution in [0.1, 0.15) is 24.5 Å². The smallest absolute Gasteiger partial charge is 0.282 e. The van der Waals surface area contributed by atoms with E-state index in [9.17, 15) is 21.6 Å². The molecule has 0 fully saturated rings. The Morgan fingerprint density at radius 3 is 2.00 bits per heavy atom. The first-order valence-corrected chi connectivity index (χ1v) is 9.45. The van der Waals surface area contributed by atoms with Gasteiger partial charge in [0.1, 0.15) is 4.90 Å². The zero-order valence-electron chi connectivity index (χ0n) is 12.7. The topological polar surface area (TPSA) is 54.4 Å². The summed E-state index contributed by atoms with van der Waals surface area (Å²) in [6.45, 7) is 2.21. The largest absolute Gasteiger partial charge is 0.417 e. The maximum atomic E-state index is 12.2. The molecule has 0 saturated carbocycles. The van der Waals surface area contributed by atoms with Crippen LogP contribution in [0.15, 0.2) is 53.4 Å². The Kier molecular flexibility index (Phi) is 7.68. The molecular formula is C16H16F3IO3S. The summed E-state index contributed by atoms with van der Waals surface area (Å²) in [7, 11) is -4.84. The number of rotatable bonds is 3. The van der Waals surface area contributed by atoms with Crippen molar-refractivity contribution in [3.63, 3.8) is 0 Å². The van der Waals surface area contributed by atoms with E-state index in [0.717, 1.165) is 12.1 Å². The average Bonchev–Trinajstić information content (AvgIpc) is 2.49. The molecule has 2 aromatic rings. The normalized spacial score (nSPS) is 11.6. The van der Waals surface area contributed by atoms with Gasteiger partial charge in [-0.2, -0.15) is 21.6 Å². The SMILES string of the molecule is CCCc1ccc(I)cc1.O=S(=O)(O)c1ccccc1C(F)(F)F. The van der Waals surface area contributed by atoms with Crippen molar-refractivity contribution in [3.8, 4) is 0 Å². The lowest BCUT2D eigenvalue weighted by atomic mass is 10.1. The molecule has 0 unspecified atom stereocenters. The van der Waals surface area contributed by atoms with E-state index in [1.54, 1.807) is 0 Å². The second-order valence-corrected chi connectivity index (χ2v) is 7.48. The summed E-state index contributed by atoms with van der Waals surface area (Å²) in [5, 5.41) is 0. The first kappa shape index (κ1) is 20.9. The molecule has 0 saturated heterocycles. The molecule has 0 atom stereocenters. The summed E-state index contributed by atoms with van der Waals surface area (Å²) in [4.78, 5) is -1.13. The Morgan fingerprint density at radius 2 is 1.58 bits per heavy atom. The van der Waals surface area contributed by atoms with Gasteiger partial charge in [-0.25, -0.2) is 0 Å². The molecule has 24 heavy (non-hydrogen) atoms. The Bertz CT molecular complexity index is 757. The summed E-state index contributed by atoms with van der Waals surface area (Å²) in [6, 6.07) is 12.1. The Hall–Kier alpha value is -1.13. The minimum absolute atomic E-state index is 0.586. The second kappa shape index (κ2) is 8.82. The first-order valence-electron chi connectivity index (χ1n) is 6.94. The van der Waals surface area contributed by atoms with Crippen LogP contribution < -0.4 is 0 Å². The highest BCUT2D eigenvalue weighted by atomic mass is 127. The Labute approximate surface area is 152 Å². The molecule has 3 nitrogen and oxygen atoms in total. The molecular weight excluding hydrogens is 456 g/mol. The molecule has 0 heterocycles. The van der Waals surface area contributed by atoms with Crippen molar-refractivity contribution in [2.75, 3.05) is 0 Å². The van der Waals surface area contributed by atoms with Crippen molar-refractivity contribution in [1.29, 1.82) is 0 Å². The van der Waals surface area contributed by atoms with Crippen LogP contribution in [-0.2, 0) is 22.7 Å². The molecule has 2 rings (SSSR count). The van der Waals surface area contributed by atoms with Gasteiger partial charge in [-0.1, -0.05) is 37.6 Å². The van der Waals surface area contributed by atoms with Crippen molar-refractivity contribution in [1.82, 2.24) is 0 Å². The van der Waals surface area contributed by atoms with E-state index in [0.29, 0.717) is 12.1 Å². The maximum Gasteiger partial charge on any atom is 0.417 e. The third-order valence-corrected chi connectivity index (χ3v) is 4.55. The highest BCUT2D eigenvalue weighted by Crippen LogP contribution is 2.33. The van der Waals surface area contributed by atoms with E-state index in [1.165, 1.54) is 22.0 Å². The van der Waals surface area contributed by atoms with E-state index < -0.39 is 26.8 Å². The monoisotopic (exact) mass is 472 g/mol. The van der Waals surface area contributed by atoms with Gasteiger partial charge < -0.3 is 0 Å². The highest BCUT2D eigenvalue weighted by Gasteiger charge is 2.36. The van der Waals surface area contributed by atoms with Gasteiger partial charge in [-0.3, -0.25) is 4.55 Å². The van der Waals surface area contributed by atoms with E-state index in [2.05, 4.69) is 53.8 Å². The van der Waals surface area contributed by atoms with Crippen LogP contribution in [0.5, 0.6) is 0 Å². The first-order chi connectivity index (χ1) is 11.1. The zero-order valence-corrected chi connectivity index (χ0v) is 15.7. The molecule has 0 aliphatic heterocycles. The lowest BCUT2D eigenvalue weighted by molar-refractivity contribution is -0.140. The fraction of sp³-hybridized carbons (Fsp3) is 0.250. The van der Waals surface area contributed by atoms with Gasteiger partial charge in [0.25, 0.3) is 10.1 Å². The van der Waals surface area contributed by atoms with Gasteiger partial charge in [0.2, 0.25) is 0 Å². The molecule has 0 amide bonds. The number of alkyl halides is 3. The molecule has 0 aliphatic rings. The Balaban J connectivity index is 0.000000254. The van der Waals surface area contributed by atoms with Gasteiger partial charge in [0, 0.05) is 3.57 Å². The third kappa shape index (κ3) is 6.78. The lowest BCUT2D eigenvalue weighted by Gasteiger charge is -2.09. The fourth-order valence-corrected chi connectivity index (χ4v) is 2.94. The summed E-state index contributed by atoms with van der Waals surface area (Å²) >= 11 is 2.32. The highest BCUT2D eigenvalue weighted by molar-refractivity contribution is 14.1. The Morgan fingerprint density at radius 1 is 1.04 bits per heavy atom. The predicted octanol–water partition coefficient (Wildman–Crippen LogP) is 5.20. The maximum absolute atomic E-state index is 12.2. The lowest BCUT2D eigenvalue weighted by Crippen LogP contribution is -2.12. The van der Waals surface area contributed by atoms with Crippen molar-refractivity contribution >= 4 is 32.7 Å². The molecule has 0 aliphatic carbocycles. The van der Waals surface area contributed by atoms with Gasteiger partial charge in [-0.15, -0.1) is 0 Å². The molecule has 1 N–H and O–H groups in total. The summed E-state index contributed by atoms with van der Waals surface area (Å²) in [5.41, 5.74) is 0.0745. The van der Waals surface area contributed by atoms with Gasteiger partial charge >= 0.3 is 6.18 Å². The van der Waals surface area contributed by atoms with Crippen LogP contribution in [-0.4, -0.2) is 13.0 Å². The van der Waals surface area contributed by atoms with Crippen LogP contribution >= 0.6 is 22.6 Å². The number of aryl methyl sites for hydroxylation is 1. The molecule has 0 bridgehead atoms. The summed E-state index contributed by atoms with van der Waals surface area (Å²) < 4.78 is 67.5. The average molecular weight is 472 g/mol. The molecule has 0 radical (unpaired) electrons. The zero-order chi connectivity index (χ0) is 18.4.